The molecule has 3 nitrogen and oxygen atoms in total. The second-order valence-corrected chi connectivity index (χ2v) is 8.33. The van der Waals surface area contributed by atoms with Crippen molar-refractivity contribution in [3.05, 3.63) is 53.1 Å². The van der Waals surface area contributed by atoms with Crippen LogP contribution in [0.3, 0.4) is 0 Å². The highest BCUT2D eigenvalue weighted by Crippen LogP contribution is 2.33. The molecular weight excluding hydrogens is 410 g/mol. The Labute approximate surface area is 190 Å². The second kappa shape index (κ2) is 13.9. The number of carboxylic acids is 1. The summed E-state index contributed by atoms with van der Waals surface area (Å²) in [7, 11) is 0. The molecule has 0 saturated carbocycles. The maximum Gasteiger partial charge on any atom is 0.201 e. The van der Waals surface area contributed by atoms with E-state index in [9.17, 15) is 18.7 Å². The van der Waals surface area contributed by atoms with Crippen molar-refractivity contribution in [2.75, 3.05) is 6.61 Å². The maximum absolute atomic E-state index is 14.9. The Bertz CT molecular complexity index is 864. The lowest BCUT2D eigenvalue weighted by Gasteiger charge is -2.15. The zero-order valence-corrected chi connectivity index (χ0v) is 19.4. The van der Waals surface area contributed by atoms with E-state index in [-0.39, 0.29) is 22.4 Å². The summed E-state index contributed by atoms with van der Waals surface area (Å²) in [5.41, 5.74) is 0.791. The Morgan fingerprint density at radius 2 is 1.47 bits per heavy atom. The monoisotopic (exact) mass is 445 g/mol. The molecule has 0 aliphatic heterocycles. The number of aromatic carboxylic acids is 1. The first-order valence-electron chi connectivity index (χ1n) is 11.9. The van der Waals surface area contributed by atoms with Gasteiger partial charge >= 0.3 is 0 Å². The molecule has 0 N–H and O–H groups in total. The second-order valence-electron chi connectivity index (χ2n) is 8.33. The molecule has 0 amide bonds. The molecule has 2 aromatic carbocycles. The van der Waals surface area contributed by atoms with Crippen LogP contribution in [0.5, 0.6) is 5.75 Å². The minimum Gasteiger partial charge on any atom is -0.545 e. The molecule has 2 rings (SSSR count). The summed E-state index contributed by atoms with van der Waals surface area (Å²) in [4.78, 5) is 11.6. The standard InChI is InChI=1S/C27H36F2O3/c1-3-5-7-9-11-13-20-14-15-22(27(30)31)23(19-20)21-16-17-24(26(29)25(21)28)32-18-12-10-8-6-4-2/h14-17,19H,3-13,18H2,1-2H3,(H,30,31)/p-1. The van der Waals surface area contributed by atoms with Crippen LogP contribution in [0.2, 0.25) is 0 Å². The summed E-state index contributed by atoms with van der Waals surface area (Å²) in [5, 5.41) is 11.6. The van der Waals surface area contributed by atoms with Gasteiger partial charge in [0.1, 0.15) is 0 Å². The lowest BCUT2D eigenvalue weighted by molar-refractivity contribution is -0.254. The Morgan fingerprint density at radius 1 is 0.812 bits per heavy atom. The van der Waals surface area contributed by atoms with E-state index < -0.39 is 17.6 Å². The Morgan fingerprint density at radius 3 is 2.12 bits per heavy atom. The summed E-state index contributed by atoms with van der Waals surface area (Å²) in [5.74, 6) is -3.76. The van der Waals surface area contributed by atoms with Gasteiger partial charge in [0.25, 0.3) is 0 Å². The molecule has 0 bridgehead atoms. The van der Waals surface area contributed by atoms with Crippen molar-refractivity contribution in [2.24, 2.45) is 0 Å². The predicted octanol–water partition coefficient (Wildman–Crippen LogP) is 6.86. The van der Waals surface area contributed by atoms with E-state index in [0.29, 0.717) is 6.61 Å². The van der Waals surface area contributed by atoms with Gasteiger partial charge in [-0.1, -0.05) is 83.4 Å². The molecule has 0 aliphatic carbocycles. The molecule has 0 heterocycles. The molecule has 0 spiro atoms. The molecule has 0 aromatic heterocycles. The number of hydrogen-bond donors (Lipinski definition) is 0. The zero-order valence-electron chi connectivity index (χ0n) is 19.4. The Kier molecular flexibility index (Phi) is 11.2. The molecule has 2 aromatic rings. The molecule has 0 atom stereocenters. The van der Waals surface area contributed by atoms with Gasteiger partial charge in [-0.2, -0.15) is 4.39 Å². The van der Waals surface area contributed by atoms with Crippen LogP contribution >= 0.6 is 0 Å². The van der Waals surface area contributed by atoms with Gasteiger partial charge in [-0.25, -0.2) is 4.39 Å². The molecular formula is C27H35F2O3-. The fraction of sp³-hybridized carbons (Fsp3) is 0.519. The molecule has 0 unspecified atom stereocenters. The van der Waals surface area contributed by atoms with E-state index in [0.717, 1.165) is 69.8 Å². The molecule has 32 heavy (non-hydrogen) atoms. The van der Waals surface area contributed by atoms with Gasteiger partial charge < -0.3 is 14.6 Å². The van der Waals surface area contributed by atoms with Gasteiger partial charge in [0.05, 0.1) is 12.6 Å². The molecule has 0 saturated heterocycles. The number of carboxylic acid groups (broad SMARTS) is 1. The highest BCUT2D eigenvalue weighted by molar-refractivity contribution is 5.95. The van der Waals surface area contributed by atoms with E-state index in [2.05, 4.69) is 13.8 Å². The van der Waals surface area contributed by atoms with E-state index in [4.69, 9.17) is 4.74 Å². The van der Waals surface area contributed by atoms with Crippen molar-refractivity contribution in [2.45, 2.75) is 84.5 Å². The van der Waals surface area contributed by atoms with Crippen LogP contribution < -0.4 is 9.84 Å². The first kappa shape index (κ1) is 25.8. The van der Waals surface area contributed by atoms with Crippen molar-refractivity contribution in [1.82, 2.24) is 0 Å². The van der Waals surface area contributed by atoms with Crippen molar-refractivity contribution < 1.29 is 23.4 Å². The predicted molar refractivity (Wildman–Crippen MR) is 123 cm³/mol. The van der Waals surface area contributed by atoms with E-state index >= 15 is 0 Å². The maximum atomic E-state index is 14.9. The van der Waals surface area contributed by atoms with Crippen LogP contribution in [-0.4, -0.2) is 12.6 Å². The van der Waals surface area contributed by atoms with E-state index in [1.54, 1.807) is 12.1 Å². The van der Waals surface area contributed by atoms with Crippen LogP contribution in [0.1, 0.15) is 94.0 Å². The van der Waals surface area contributed by atoms with Crippen LogP contribution in [0, 0.1) is 11.6 Å². The smallest absolute Gasteiger partial charge is 0.201 e. The number of ether oxygens (including phenoxy) is 1. The third kappa shape index (κ3) is 7.61. The topological polar surface area (TPSA) is 49.4 Å². The third-order valence-corrected chi connectivity index (χ3v) is 5.72. The molecule has 176 valence electrons. The summed E-state index contributed by atoms with van der Waals surface area (Å²) < 4.78 is 35.0. The van der Waals surface area contributed by atoms with Crippen molar-refractivity contribution in [3.63, 3.8) is 0 Å². The van der Waals surface area contributed by atoms with Crippen LogP contribution in [-0.2, 0) is 6.42 Å². The van der Waals surface area contributed by atoms with Gasteiger partial charge in [0, 0.05) is 11.1 Å². The average molecular weight is 446 g/mol. The third-order valence-electron chi connectivity index (χ3n) is 5.72. The van der Waals surface area contributed by atoms with Crippen molar-refractivity contribution in [1.29, 1.82) is 0 Å². The van der Waals surface area contributed by atoms with Crippen molar-refractivity contribution in [3.8, 4) is 16.9 Å². The van der Waals surface area contributed by atoms with Crippen LogP contribution in [0.4, 0.5) is 8.78 Å². The van der Waals surface area contributed by atoms with Gasteiger partial charge in [0.15, 0.2) is 11.6 Å². The van der Waals surface area contributed by atoms with Gasteiger partial charge in [-0.3, -0.25) is 0 Å². The van der Waals surface area contributed by atoms with Crippen LogP contribution in [0.15, 0.2) is 30.3 Å². The number of rotatable bonds is 15. The van der Waals surface area contributed by atoms with Gasteiger partial charge in [-0.05, 0) is 42.5 Å². The quantitative estimate of drug-likeness (QED) is 0.281. The minimum absolute atomic E-state index is 0.0928. The van der Waals surface area contributed by atoms with Crippen LogP contribution in [0.25, 0.3) is 11.1 Å². The normalized spacial score (nSPS) is 11.0. The fourth-order valence-corrected chi connectivity index (χ4v) is 3.82. The van der Waals surface area contributed by atoms with Gasteiger partial charge in [-0.15, -0.1) is 0 Å². The minimum atomic E-state index is -1.42. The number of aryl methyl sites for hydroxylation is 1. The summed E-state index contributed by atoms with van der Waals surface area (Å²) in [6.45, 7) is 4.60. The highest BCUT2D eigenvalue weighted by atomic mass is 19.2. The molecule has 5 heteroatoms. The lowest BCUT2D eigenvalue weighted by Crippen LogP contribution is -2.23. The molecule has 0 fully saturated rings. The number of halogens is 2. The van der Waals surface area contributed by atoms with Gasteiger partial charge in [0.2, 0.25) is 5.82 Å². The van der Waals surface area contributed by atoms with E-state index in [1.165, 1.54) is 24.6 Å². The average Bonchev–Trinajstić information content (AvgIpc) is 2.78. The van der Waals surface area contributed by atoms with Crippen molar-refractivity contribution >= 4 is 5.97 Å². The first-order chi connectivity index (χ1) is 15.5. The highest BCUT2D eigenvalue weighted by Gasteiger charge is 2.18. The SMILES string of the molecule is CCCCCCCOc1ccc(-c2cc(CCCCCCC)ccc2C(=O)[O-])c(F)c1F. The summed E-state index contributed by atoms with van der Waals surface area (Å²) in [6, 6.07) is 7.54. The van der Waals surface area contributed by atoms with E-state index in [1.807, 2.05) is 0 Å². The molecule has 0 aliphatic rings. The first-order valence-corrected chi connectivity index (χ1v) is 11.9. The number of benzene rings is 2. The largest absolute Gasteiger partial charge is 0.545 e. The summed E-state index contributed by atoms with van der Waals surface area (Å²) in [6.07, 6.45) is 11.4. The number of unbranched alkanes of at least 4 members (excludes halogenated alkanes) is 8. The molecule has 0 radical (unpaired) electrons. The lowest BCUT2D eigenvalue weighted by atomic mass is 9.94. The number of carbonyl (C=O) groups is 1. The zero-order chi connectivity index (χ0) is 23.3. The number of hydrogen-bond acceptors (Lipinski definition) is 3. The summed E-state index contributed by atoms with van der Waals surface area (Å²) >= 11 is 0. The number of carbonyl (C=O) groups excluding carboxylic acids is 1. The Balaban J connectivity index is 2.16. The fourth-order valence-electron chi connectivity index (χ4n) is 3.82. The Hall–Kier alpha value is -2.43.